The van der Waals surface area contributed by atoms with E-state index in [-0.39, 0.29) is 0 Å². The Balaban J connectivity index is 2.09. The van der Waals surface area contributed by atoms with Crippen LogP contribution in [0.3, 0.4) is 0 Å². The van der Waals surface area contributed by atoms with Crippen LogP contribution in [0.5, 0.6) is 0 Å². The van der Waals surface area contributed by atoms with Crippen LogP contribution in [0, 0.1) is 13.8 Å². The number of hydrogen-bond donors (Lipinski definition) is 1. The summed E-state index contributed by atoms with van der Waals surface area (Å²) in [6, 6.07) is 11.8. The Morgan fingerprint density at radius 3 is 2.21 bits per heavy atom. The summed E-state index contributed by atoms with van der Waals surface area (Å²) in [7, 11) is -2.38. The van der Waals surface area contributed by atoms with Gasteiger partial charge in [0.25, 0.3) is 5.91 Å². The van der Waals surface area contributed by atoms with Crippen molar-refractivity contribution in [3.05, 3.63) is 64.7 Å². The molecule has 0 aliphatic rings. The van der Waals surface area contributed by atoms with E-state index in [1.807, 2.05) is 6.07 Å². The number of hydrazone groups is 1. The highest BCUT2D eigenvalue weighted by Crippen LogP contribution is 2.26. The van der Waals surface area contributed by atoms with Gasteiger partial charge >= 0.3 is 5.97 Å². The maximum Gasteiger partial charge on any atom is 0.337 e. The van der Waals surface area contributed by atoms with Gasteiger partial charge in [-0.1, -0.05) is 30.3 Å². The molecule has 1 N–H and O–H groups in total. The lowest BCUT2D eigenvalue weighted by atomic mass is 10.1. The van der Waals surface area contributed by atoms with Gasteiger partial charge in [-0.25, -0.2) is 18.6 Å². The van der Waals surface area contributed by atoms with Crippen LogP contribution in [0.15, 0.2) is 47.6 Å². The zero-order valence-electron chi connectivity index (χ0n) is 16.7. The Morgan fingerprint density at radius 1 is 1.10 bits per heavy atom. The molecule has 0 heterocycles. The molecular weight excluding hydrogens is 394 g/mol. The summed E-state index contributed by atoms with van der Waals surface area (Å²) >= 11 is 0. The molecule has 0 unspecified atom stereocenters. The highest BCUT2D eigenvalue weighted by Gasteiger charge is 2.23. The number of methoxy groups -OCH3 is 1. The van der Waals surface area contributed by atoms with Gasteiger partial charge in [-0.15, -0.1) is 0 Å². The number of benzene rings is 2. The van der Waals surface area contributed by atoms with Crippen LogP contribution >= 0.6 is 0 Å². The topological polar surface area (TPSA) is 105 Å². The summed E-state index contributed by atoms with van der Waals surface area (Å²) in [4.78, 5) is 23.7. The quantitative estimate of drug-likeness (QED) is 0.421. The molecule has 154 valence electrons. The molecule has 2 rings (SSSR count). The second kappa shape index (κ2) is 9.33. The number of ether oxygens (including phenoxy) is 1. The van der Waals surface area contributed by atoms with Crippen LogP contribution < -0.4 is 9.73 Å². The van der Waals surface area contributed by atoms with Crippen molar-refractivity contribution in [3.63, 3.8) is 0 Å². The maximum atomic E-state index is 12.3. The first-order valence-corrected chi connectivity index (χ1v) is 10.5. The molecule has 0 spiro atoms. The number of esters is 1. The van der Waals surface area contributed by atoms with Gasteiger partial charge in [0.05, 0.1) is 30.8 Å². The van der Waals surface area contributed by atoms with E-state index >= 15 is 0 Å². The Kier molecular flexibility index (Phi) is 7.11. The van der Waals surface area contributed by atoms with Crippen LogP contribution in [-0.4, -0.2) is 46.4 Å². The van der Waals surface area contributed by atoms with Gasteiger partial charge < -0.3 is 4.74 Å². The predicted octanol–water partition coefficient (Wildman–Crippen LogP) is 2.01. The van der Waals surface area contributed by atoms with E-state index in [4.69, 9.17) is 0 Å². The average molecular weight is 417 g/mol. The molecular formula is C20H23N3O5S. The van der Waals surface area contributed by atoms with Crippen molar-refractivity contribution in [2.75, 3.05) is 24.2 Å². The van der Waals surface area contributed by atoms with Crippen LogP contribution in [0.1, 0.15) is 27.0 Å². The van der Waals surface area contributed by atoms with Gasteiger partial charge in [-0.05, 0) is 42.7 Å². The van der Waals surface area contributed by atoms with Crippen LogP contribution in [0.25, 0.3) is 0 Å². The monoisotopic (exact) mass is 417 g/mol. The van der Waals surface area contributed by atoms with Gasteiger partial charge in [0.15, 0.2) is 0 Å². The fraction of sp³-hybridized carbons (Fsp3) is 0.250. The molecule has 0 aliphatic carbocycles. The predicted molar refractivity (Wildman–Crippen MR) is 112 cm³/mol. The number of para-hydroxylation sites is 1. The second-order valence-corrected chi connectivity index (χ2v) is 8.32. The van der Waals surface area contributed by atoms with Crippen molar-refractivity contribution in [1.29, 1.82) is 0 Å². The number of hydrogen-bond acceptors (Lipinski definition) is 6. The summed E-state index contributed by atoms with van der Waals surface area (Å²) < 4.78 is 30.2. The first-order valence-electron chi connectivity index (χ1n) is 8.67. The van der Waals surface area contributed by atoms with E-state index in [1.54, 1.807) is 50.2 Å². The molecule has 2 aromatic rings. The zero-order chi connectivity index (χ0) is 21.6. The molecule has 0 radical (unpaired) electrons. The zero-order valence-corrected chi connectivity index (χ0v) is 17.5. The van der Waals surface area contributed by atoms with Gasteiger partial charge in [-0.2, -0.15) is 5.10 Å². The fourth-order valence-electron chi connectivity index (χ4n) is 2.73. The number of amides is 1. The molecule has 2 aromatic carbocycles. The molecule has 29 heavy (non-hydrogen) atoms. The van der Waals surface area contributed by atoms with Crippen molar-refractivity contribution in [1.82, 2.24) is 5.43 Å². The van der Waals surface area contributed by atoms with Gasteiger partial charge in [-0.3, -0.25) is 9.10 Å². The smallest absolute Gasteiger partial charge is 0.337 e. The number of sulfonamides is 1. The number of nitrogens with zero attached hydrogens (tertiary/aromatic N) is 2. The minimum atomic E-state index is -3.67. The number of rotatable bonds is 7. The van der Waals surface area contributed by atoms with Crippen LogP contribution in [-0.2, 0) is 19.6 Å². The molecule has 1 amide bonds. The number of nitrogens with one attached hydrogen (secondary N) is 1. The Bertz CT molecular complexity index is 1010. The van der Waals surface area contributed by atoms with Crippen LogP contribution in [0.2, 0.25) is 0 Å². The maximum absolute atomic E-state index is 12.3. The largest absolute Gasteiger partial charge is 0.465 e. The van der Waals surface area contributed by atoms with E-state index in [0.29, 0.717) is 16.8 Å². The number of aryl methyl sites for hydroxylation is 2. The lowest BCUT2D eigenvalue weighted by Gasteiger charge is -2.25. The minimum Gasteiger partial charge on any atom is -0.465 e. The van der Waals surface area contributed by atoms with Crippen molar-refractivity contribution in [2.45, 2.75) is 13.8 Å². The lowest BCUT2D eigenvalue weighted by molar-refractivity contribution is -0.119. The van der Waals surface area contributed by atoms with Crippen LogP contribution in [0.4, 0.5) is 5.69 Å². The average Bonchev–Trinajstić information content (AvgIpc) is 2.66. The molecule has 0 atom stereocenters. The standard InChI is InChI=1S/C20H23N3O5S/c1-14-6-5-7-15(2)19(14)23(29(4,26)27)13-18(24)22-21-12-16-8-10-17(11-9-16)20(25)28-3/h5-12H,13H2,1-4H3,(H,22,24)/b21-12+. The van der Waals surface area contributed by atoms with Crippen molar-refractivity contribution in [2.24, 2.45) is 5.10 Å². The summed E-state index contributed by atoms with van der Waals surface area (Å²) in [6.07, 6.45) is 2.45. The second-order valence-electron chi connectivity index (χ2n) is 6.42. The van der Waals surface area contributed by atoms with E-state index in [9.17, 15) is 18.0 Å². The molecule has 0 saturated heterocycles. The fourth-order valence-corrected chi connectivity index (χ4v) is 3.70. The minimum absolute atomic E-state index is 0.395. The van der Waals surface area contributed by atoms with E-state index in [0.717, 1.165) is 21.7 Å². The molecule has 0 fully saturated rings. The van der Waals surface area contributed by atoms with Crippen molar-refractivity contribution < 1.29 is 22.7 Å². The van der Waals surface area contributed by atoms with Crippen molar-refractivity contribution >= 4 is 33.8 Å². The first-order chi connectivity index (χ1) is 13.6. The van der Waals surface area contributed by atoms with E-state index in [2.05, 4.69) is 15.3 Å². The molecule has 0 bridgehead atoms. The number of carbonyl (C=O) groups is 2. The van der Waals surface area contributed by atoms with Crippen molar-refractivity contribution in [3.8, 4) is 0 Å². The lowest BCUT2D eigenvalue weighted by Crippen LogP contribution is -2.39. The van der Waals surface area contributed by atoms with Gasteiger partial charge in [0.1, 0.15) is 6.54 Å². The highest BCUT2D eigenvalue weighted by atomic mass is 32.2. The summed E-state index contributed by atoms with van der Waals surface area (Å²) in [5.74, 6) is -1.03. The van der Waals surface area contributed by atoms with E-state index in [1.165, 1.54) is 13.3 Å². The molecule has 0 aliphatic heterocycles. The normalized spacial score (nSPS) is 11.3. The highest BCUT2D eigenvalue weighted by molar-refractivity contribution is 7.92. The summed E-state index contributed by atoms with van der Waals surface area (Å²) in [5, 5.41) is 3.85. The Hall–Kier alpha value is -3.20. The molecule has 9 heteroatoms. The molecule has 8 nitrogen and oxygen atoms in total. The third-order valence-corrected chi connectivity index (χ3v) is 5.22. The SMILES string of the molecule is COC(=O)c1ccc(/C=N/NC(=O)CN(c2c(C)cccc2C)S(C)(=O)=O)cc1. The summed E-state index contributed by atoms with van der Waals surface area (Å²) in [5.41, 5.74) is 5.34. The Morgan fingerprint density at radius 2 is 1.69 bits per heavy atom. The number of anilines is 1. The van der Waals surface area contributed by atoms with Gasteiger partial charge in [0, 0.05) is 0 Å². The van der Waals surface area contributed by atoms with E-state index < -0.39 is 28.4 Å². The van der Waals surface area contributed by atoms with Gasteiger partial charge in [0.2, 0.25) is 10.0 Å². The third-order valence-electron chi connectivity index (χ3n) is 4.11. The Labute approximate surface area is 170 Å². The first kappa shape index (κ1) is 22.1. The summed E-state index contributed by atoms with van der Waals surface area (Å²) in [6.45, 7) is 3.17. The molecule has 0 saturated carbocycles. The number of carbonyl (C=O) groups excluding carboxylic acids is 2. The molecule has 0 aromatic heterocycles. The third kappa shape index (κ3) is 5.89.